The van der Waals surface area contributed by atoms with Gasteiger partial charge in [0.05, 0.1) is 5.56 Å². The van der Waals surface area contributed by atoms with Crippen LogP contribution in [0.5, 0.6) is 0 Å². The minimum atomic E-state index is -0.820. The molecule has 3 heteroatoms. The first-order chi connectivity index (χ1) is 8.24. The van der Waals surface area contributed by atoms with Gasteiger partial charge in [-0.25, -0.2) is 4.79 Å². The number of carbonyl (C=O) groups is 1. The molecule has 1 aromatic carbocycles. The van der Waals surface area contributed by atoms with E-state index in [0.717, 1.165) is 13.0 Å². The van der Waals surface area contributed by atoms with Gasteiger partial charge in [0.15, 0.2) is 0 Å². The molecule has 17 heavy (non-hydrogen) atoms. The molecule has 1 aromatic rings. The van der Waals surface area contributed by atoms with Crippen LogP contribution in [0.3, 0.4) is 0 Å². The average Bonchev–Trinajstić information content (AvgIpc) is 2.65. The van der Waals surface area contributed by atoms with Gasteiger partial charge in [0, 0.05) is 6.54 Å². The molecule has 0 aromatic heterocycles. The van der Waals surface area contributed by atoms with Gasteiger partial charge in [0.1, 0.15) is 0 Å². The standard InChI is InChI=1S/C14H17NO2/c16-14(17)11-4-5-13-10(8-11)2-3-12(13)9-15-6-1-7-15/h4-5,8,12H,1-3,6-7,9H2,(H,16,17). The van der Waals surface area contributed by atoms with Crippen molar-refractivity contribution in [2.45, 2.75) is 25.2 Å². The molecule has 3 nitrogen and oxygen atoms in total. The lowest BCUT2D eigenvalue weighted by atomic mass is 9.98. The van der Waals surface area contributed by atoms with Gasteiger partial charge in [-0.05, 0) is 61.5 Å². The summed E-state index contributed by atoms with van der Waals surface area (Å²) < 4.78 is 0. The fraction of sp³-hybridized carbons (Fsp3) is 0.500. The van der Waals surface area contributed by atoms with Crippen LogP contribution < -0.4 is 0 Å². The largest absolute Gasteiger partial charge is 0.478 e. The van der Waals surface area contributed by atoms with Crippen molar-refractivity contribution in [3.8, 4) is 0 Å². The monoisotopic (exact) mass is 231 g/mol. The molecule has 0 radical (unpaired) electrons. The van der Waals surface area contributed by atoms with Crippen LogP contribution in [0.25, 0.3) is 0 Å². The molecular formula is C14H17NO2. The van der Waals surface area contributed by atoms with Gasteiger partial charge in [-0.3, -0.25) is 0 Å². The Balaban J connectivity index is 1.79. The Bertz CT molecular complexity index is 452. The van der Waals surface area contributed by atoms with Crippen molar-refractivity contribution in [2.24, 2.45) is 0 Å². The molecule has 0 bridgehead atoms. The average molecular weight is 231 g/mol. The van der Waals surface area contributed by atoms with Gasteiger partial charge in [-0.1, -0.05) is 6.07 Å². The molecule has 1 N–H and O–H groups in total. The van der Waals surface area contributed by atoms with Crippen LogP contribution in [0.2, 0.25) is 0 Å². The molecule has 1 fully saturated rings. The molecular weight excluding hydrogens is 214 g/mol. The van der Waals surface area contributed by atoms with Crippen molar-refractivity contribution < 1.29 is 9.90 Å². The molecule has 3 rings (SSSR count). The number of benzene rings is 1. The van der Waals surface area contributed by atoms with E-state index in [-0.39, 0.29) is 0 Å². The Hall–Kier alpha value is -1.35. The highest BCUT2D eigenvalue weighted by atomic mass is 16.4. The molecule has 1 saturated heterocycles. The third-order valence-electron chi connectivity index (χ3n) is 4.02. The fourth-order valence-corrected chi connectivity index (χ4v) is 2.90. The summed E-state index contributed by atoms with van der Waals surface area (Å²) in [6, 6.07) is 5.62. The number of aryl methyl sites for hydroxylation is 1. The number of likely N-dealkylation sites (tertiary alicyclic amines) is 1. The van der Waals surface area contributed by atoms with Gasteiger partial charge in [0.2, 0.25) is 0 Å². The fourth-order valence-electron chi connectivity index (χ4n) is 2.90. The summed E-state index contributed by atoms with van der Waals surface area (Å²) >= 11 is 0. The Labute approximate surface area is 101 Å². The third-order valence-corrected chi connectivity index (χ3v) is 4.02. The van der Waals surface area contributed by atoms with E-state index in [1.807, 2.05) is 12.1 Å². The van der Waals surface area contributed by atoms with Crippen LogP contribution in [0.4, 0.5) is 0 Å². The first-order valence-corrected chi connectivity index (χ1v) is 6.32. The number of carboxylic acids is 1. The molecule has 90 valence electrons. The lowest BCUT2D eigenvalue weighted by Gasteiger charge is -2.33. The van der Waals surface area contributed by atoms with E-state index in [0.29, 0.717) is 11.5 Å². The molecule has 2 aliphatic rings. The van der Waals surface area contributed by atoms with Crippen molar-refractivity contribution in [3.05, 3.63) is 34.9 Å². The molecule has 1 aliphatic heterocycles. The summed E-state index contributed by atoms with van der Waals surface area (Å²) in [7, 11) is 0. The zero-order chi connectivity index (χ0) is 11.8. The Morgan fingerprint density at radius 1 is 1.41 bits per heavy atom. The highest BCUT2D eigenvalue weighted by molar-refractivity contribution is 5.88. The number of fused-ring (bicyclic) bond motifs is 1. The lowest BCUT2D eigenvalue weighted by Crippen LogP contribution is -2.39. The summed E-state index contributed by atoms with van der Waals surface area (Å²) in [6.07, 6.45) is 3.54. The molecule has 0 amide bonds. The Morgan fingerprint density at radius 2 is 2.24 bits per heavy atom. The normalized spacial score (nSPS) is 23.2. The molecule has 1 unspecified atom stereocenters. The second kappa shape index (κ2) is 4.15. The van der Waals surface area contributed by atoms with E-state index < -0.39 is 5.97 Å². The van der Waals surface area contributed by atoms with Crippen LogP contribution in [0.15, 0.2) is 18.2 Å². The quantitative estimate of drug-likeness (QED) is 0.866. The van der Waals surface area contributed by atoms with Crippen LogP contribution in [0, 0.1) is 0 Å². The molecule has 1 atom stereocenters. The maximum absolute atomic E-state index is 10.9. The summed E-state index contributed by atoms with van der Waals surface area (Å²) in [4.78, 5) is 13.4. The SMILES string of the molecule is O=C(O)c1ccc2c(c1)CCC2CN1CCC1. The maximum atomic E-state index is 10.9. The van der Waals surface area contributed by atoms with E-state index in [4.69, 9.17) is 5.11 Å². The van der Waals surface area contributed by atoms with E-state index >= 15 is 0 Å². The first kappa shape index (κ1) is 10.8. The minimum absolute atomic E-state index is 0.424. The van der Waals surface area contributed by atoms with E-state index in [2.05, 4.69) is 4.90 Å². The van der Waals surface area contributed by atoms with Crippen LogP contribution in [-0.2, 0) is 6.42 Å². The van der Waals surface area contributed by atoms with E-state index in [9.17, 15) is 4.79 Å². The van der Waals surface area contributed by atoms with Gasteiger partial charge >= 0.3 is 5.97 Å². The number of hydrogen-bond acceptors (Lipinski definition) is 2. The van der Waals surface area contributed by atoms with E-state index in [1.54, 1.807) is 6.07 Å². The van der Waals surface area contributed by atoms with Gasteiger partial charge in [-0.2, -0.15) is 0 Å². The molecule has 0 spiro atoms. The summed E-state index contributed by atoms with van der Waals surface area (Å²) in [5.74, 6) is -0.202. The number of rotatable bonds is 3. The summed E-state index contributed by atoms with van der Waals surface area (Å²) in [6.45, 7) is 3.62. The highest BCUT2D eigenvalue weighted by Crippen LogP contribution is 2.34. The predicted octanol–water partition coefficient (Wildman–Crippen LogP) is 2.12. The second-order valence-electron chi connectivity index (χ2n) is 5.11. The zero-order valence-corrected chi connectivity index (χ0v) is 9.85. The van der Waals surface area contributed by atoms with Crippen molar-refractivity contribution in [1.82, 2.24) is 4.90 Å². The third kappa shape index (κ3) is 1.95. The first-order valence-electron chi connectivity index (χ1n) is 6.32. The highest BCUT2D eigenvalue weighted by Gasteiger charge is 2.26. The Kier molecular flexibility index (Phi) is 2.63. The molecule has 1 aliphatic carbocycles. The summed E-state index contributed by atoms with van der Waals surface area (Å²) in [5.41, 5.74) is 3.05. The number of nitrogens with zero attached hydrogens (tertiary/aromatic N) is 1. The Morgan fingerprint density at radius 3 is 2.88 bits per heavy atom. The van der Waals surface area contributed by atoms with Crippen molar-refractivity contribution >= 4 is 5.97 Å². The lowest BCUT2D eigenvalue weighted by molar-refractivity contribution is 0.0697. The maximum Gasteiger partial charge on any atom is 0.335 e. The zero-order valence-electron chi connectivity index (χ0n) is 9.85. The topological polar surface area (TPSA) is 40.5 Å². The van der Waals surface area contributed by atoms with Crippen LogP contribution in [0.1, 0.15) is 40.2 Å². The molecule has 0 saturated carbocycles. The van der Waals surface area contributed by atoms with Gasteiger partial charge < -0.3 is 10.0 Å². The van der Waals surface area contributed by atoms with Crippen LogP contribution in [-0.4, -0.2) is 35.6 Å². The van der Waals surface area contributed by atoms with Crippen LogP contribution >= 0.6 is 0 Å². The molecule has 1 heterocycles. The van der Waals surface area contributed by atoms with Crippen molar-refractivity contribution in [3.63, 3.8) is 0 Å². The second-order valence-corrected chi connectivity index (χ2v) is 5.11. The van der Waals surface area contributed by atoms with Crippen molar-refractivity contribution in [1.29, 1.82) is 0 Å². The van der Waals surface area contributed by atoms with E-state index in [1.165, 1.54) is 37.1 Å². The number of aromatic carboxylic acids is 1. The van der Waals surface area contributed by atoms with Crippen molar-refractivity contribution in [2.75, 3.05) is 19.6 Å². The van der Waals surface area contributed by atoms with Gasteiger partial charge in [-0.15, -0.1) is 0 Å². The predicted molar refractivity (Wildman–Crippen MR) is 65.5 cm³/mol. The summed E-state index contributed by atoms with van der Waals surface area (Å²) in [5, 5.41) is 8.97. The number of carboxylic acid groups (broad SMARTS) is 1. The number of hydrogen-bond donors (Lipinski definition) is 1. The van der Waals surface area contributed by atoms with Gasteiger partial charge in [0.25, 0.3) is 0 Å². The smallest absolute Gasteiger partial charge is 0.335 e. The minimum Gasteiger partial charge on any atom is -0.478 e.